The fourth-order valence-electron chi connectivity index (χ4n) is 3.73. The molecule has 30 heavy (non-hydrogen) atoms. The lowest BCUT2D eigenvalue weighted by molar-refractivity contribution is 1.07. The third-order valence-electron chi connectivity index (χ3n) is 5.07. The largest absolute Gasteiger partial charge is 0.292 e. The minimum Gasteiger partial charge on any atom is -0.292 e. The van der Waals surface area contributed by atoms with Gasteiger partial charge in [0.25, 0.3) is 0 Å². The van der Waals surface area contributed by atoms with E-state index in [0.717, 1.165) is 44.1 Å². The molecule has 0 saturated carbocycles. The Morgan fingerprint density at radius 1 is 0.567 bits per heavy atom. The first kappa shape index (κ1) is 18.6. The summed E-state index contributed by atoms with van der Waals surface area (Å²) >= 11 is 3.62. The zero-order valence-corrected chi connectivity index (χ0v) is 17.8. The maximum absolute atomic E-state index is 5.19. The maximum Gasteiger partial charge on any atom is 0.145 e. The average molecular weight is 451 g/mol. The van der Waals surface area contributed by atoms with E-state index >= 15 is 0 Å². The number of rotatable bonds is 4. The van der Waals surface area contributed by atoms with Crippen LogP contribution in [0.2, 0.25) is 0 Å². The summed E-state index contributed by atoms with van der Waals surface area (Å²) in [6, 6.07) is 39.6. The predicted molar refractivity (Wildman–Crippen MR) is 128 cm³/mol. The van der Waals surface area contributed by atoms with Gasteiger partial charge in [-0.1, -0.05) is 107 Å². The van der Waals surface area contributed by atoms with Gasteiger partial charge in [0.1, 0.15) is 5.82 Å². The van der Waals surface area contributed by atoms with Crippen molar-refractivity contribution in [1.82, 2.24) is 9.55 Å². The van der Waals surface area contributed by atoms with E-state index in [9.17, 15) is 0 Å². The Morgan fingerprint density at radius 3 is 1.77 bits per heavy atom. The molecule has 0 aliphatic heterocycles. The Labute approximate surface area is 184 Å². The molecule has 0 unspecified atom stereocenters. The molecule has 1 aromatic heterocycles. The lowest BCUT2D eigenvalue weighted by atomic mass is 10.0. The van der Waals surface area contributed by atoms with Gasteiger partial charge < -0.3 is 0 Å². The van der Waals surface area contributed by atoms with Gasteiger partial charge in [-0.3, -0.25) is 4.57 Å². The van der Waals surface area contributed by atoms with E-state index in [2.05, 4.69) is 105 Å². The Balaban J connectivity index is 1.89. The molecule has 144 valence electrons. The van der Waals surface area contributed by atoms with Crippen molar-refractivity contribution < 1.29 is 0 Å². The topological polar surface area (TPSA) is 17.8 Å². The smallest absolute Gasteiger partial charge is 0.145 e. The molecule has 5 aromatic rings. The third-order valence-corrected chi connectivity index (χ3v) is 5.56. The van der Waals surface area contributed by atoms with Crippen LogP contribution >= 0.6 is 15.9 Å². The summed E-state index contributed by atoms with van der Waals surface area (Å²) in [5, 5.41) is 0. The fourth-order valence-corrected chi connectivity index (χ4v) is 4.13. The van der Waals surface area contributed by atoms with Gasteiger partial charge in [0.15, 0.2) is 0 Å². The van der Waals surface area contributed by atoms with Crippen molar-refractivity contribution in [2.24, 2.45) is 0 Å². The zero-order chi connectivity index (χ0) is 20.3. The molecule has 0 amide bonds. The number of halogens is 1. The van der Waals surface area contributed by atoms with Gasteiger partial charge in [0.05, 0.1) is 11.4 Å². The maximum atomic E-state index is 5.19. The van der Waals surface area contributed by atoms with Crippen molar-refractivity contribution in [3.05, 3.63) is 120 Å². The summed E-state index contributed by atoms with van der Waals surface area (Å²) in [6.45, 7) is 0. The van der Waals surface area contributed by atoms with Crippen LogP contribution in [0.25, 0.3) is 39.6 Å². The van der Waals surface area contributed by atoms with Crippen molar-refractivity contribution in [2.45, 2.75) is 0 Å². The summed E-state index contributed by atoms with van der Waals surface area (Å²) in [6.07, 6.45) is 0. The van der Waals surface area contributed by atoms with Gasteiger partial charge in [-0.25, -0.2) is 4.98 Å². The van der Waals surface area contributed by atoms with Crippen molar-refractivity contribution in [3.8, 4) is 39.6 Å². The van der Waals surface area contributed by atoms with Crippen LogP contribution in [0, 0.1) is 0 Å². The molecular formula is C27H19BrN2. The second-order valence-corrected chi connectivity index (χ2v) is 7.96. The van der Waals surface area contributed by atoms with Gasteiger partial charge in [-0.05, 0) is 24.3 Å². The molecule has 0 radical (unpaired) electrons. The molecule has 4 aromatic carbocycles. The Hall–Kier alpha value is -3.43. The molecule has 0 bridgehead atoms. The van der Waals surface area contributed by atoms with Crippen molar-refractivity contribution in [3.63, 3.8) is 0 Å². The Kier molecular flexibility index (Phi) is 5.04. The molecule has 0 atom stereocenters. The SMILES string of the molecule is Brc1cccc(-c2nc(-c3ccccc3)c(-c3ccccc3)n2-c2ccccc2)c1. The van der Waals surface area contributed by atoms with E-state index in [0.29, 0.717) is 0 Å². The first-order chi connectivity index (χ1) is 14.8. The highest BCUT2D eigenvalue weighted by Crippen LogP contribution is 2.38. The Morgan fingerprint density at radius 2 is 1.13 bits per heavy atom. The molecule has 0 saturated heterocycles. The van der Waals surface area contributed by atoms with Crippen LogP contribution in [-0.4, -0.2) is 9.55 Å². The van der Waals surface area contributed by atoms with Crippen LogP contribution in [0.4, 0.5) is 0 Å². The third kappa shape index (κ3) is 3.49. The quantitative estimate of drug-likeness (QED) is 0.275. The molecule has 5 rings (SSSR count). The molecule has 1 heterocycles. The van der Waals surface area contributed by atoms with E-state index in [-0.39, 0.29) is 0 Å². The zero-order valence-electron chi connectivity index (χ0n) is 16.2. The average Bonchev–Trinajstić information content (AvgIpc) is 3.22. The molecule has 2 nitrogen and oxygen atoms in total. The number of para-hydroxylation sites is 1. The summed E-state index contributed by atoms with van der Waals surface area (Å²) in [5.74, 6) is 0.917. The standard InChI is InChI=1S/C27H19BrN2/c28-23-16-10-15-22(19-23)27-29-25(20-11-4-1-5-12-20)26(21-13-6-2-7-14-21)30(27)24-17-8-3-9-18-24/h1-19H. The van der Waals surface area contributed by atoms with Crippen LogP contribution in [0.1, 0.15) is 0 Å². The number of hydrogen-bond donors (Lipinski definition) is 0. The van der Waals surface area contributed by atoms with Crippen molar-refractivity contribution in [2.75, 3.05) is 0 Å². The minimum absolute atomic E-state index is 0.917. The Bertz CT molecular complexity index is 1280. The number of benzene rings is 4. The molecule has 0 N–H and O–H groups in total. The van der Waals surface area contributed by atoms with Crippen molar-refractivity contribution >= 4 is 15.9 Å². The predicted octanol–water partition coefficient (Wildman–Crippen LogP) is 7.64. The number of imidazole rings is 1. The second-order valence-electron chi connectivity index (χ2n) is 7.05. The highest BCUT2D eigenvalue weighted by molar-refractivity contribution is 9.10. The highest BCUT2D eigenvalue weighted by atomic mass is 79.9. The first-order valence-electron chi connectivity index (χ1n) is 9.86. The van der Waals surface area contributed by atoms with Gasteiger partial charge in [0.2, 0.25) is 0 Å². The molecular weight excluding hydrogens is 432 g/mol. The van der Waals surface area contributed by atoms with E-state index in [1.165, 1.54) is 0 Å². The number of hydrogen-bond acceptors (Lipinski definition) is 1. The molecule has 0 fully saturated rings. The van der Waals surface area contributed by atoms with Gasteiger partial charge in [-0.15, -0.1) is 0 Å². The highest BCUT2D eigenvalue weighted by Gasteiger charge is 2.22. The van der Waals surface area contributed by atoms with Gasteiger partial charge in [-0.2, -0.15) is 0 Å². The first-order valence-corrected chi connectivity index (χ1v) is 10.7. The molecule has 0 aliphatic carbocycles. The van der Waals surface area contributed by atoms with E-state index in [1.807, 2.05) is 30.3 Å². The van der Waals surface area contributed by atoms with Crippen molar-refractivity contribution in [1.29, 1.82) is 0 Å². The fraction of sp³-hybridized carbons (Fsp3) is 0. The lowest BCUT2D eigenvalue weighted by Crippen LogP contribution is -2.00. The van der Waals surface area contributed by atoms with Crippen LogP contribution in [0.3, 0.4) is 0 Å². The second kappa shape index (κ2) is 8.13. The summed E-state index contributed by atoms with van der Waals surface area (Å²) in [4.78, 5) is 5.19. The number of nitrogens with zero attached hydrogens (tertiary/aromatic N) is 2. The van der Waals surface area contributed by atoms with Crippen LogP contribution < -0.4 is 0 Å². The summed E-state index contributed by atoms with van der Waals surface area (Å²) in [7, 11) is 0. The minimum atomic E-state index is 0.917. The molecule has 3 heteroatoms. The molecule has 0 aliphatic rings. The molecule has 0 spiro atoms. The monoisotopic (exact) mass is 450 g/mol. The van der Waals surface area contributed by atoms with Crippen LogP contribution in [-0.2, 0) is 0 Å². The van der Waals surface area contributed by atoms with E-state index in [4.69, 9.17) is 4.98 Å². The van der Waals surface area contributed by atoms with E-state index < -0.39 is 0 Å². The van der Waals surface area contributed by atoms with E-state index in [1.54, 1.807) is 0 Å². The van der Waals surface area contributed by atoms with Gasteiger partial charge >= 0.3 is 0 Å². The summed E-state index contributed by atoms with van der Waals surface area (Å²) in [5.41, 5.74) is 6.44. The summed E-state index contributed by atoms with van der Waals surface area (Å²) < 4.78 is 3.30. The number of aromatic nitrogens is 2. The lowest BCUT2D eigenvalue weighted by Gasteiger charge is -2.13. The van der Waals surface area contributed by atoms with Crippen LogP contribution in [0.5, 0.6) is 0 Å². The normalized spacial score (nSPS) is 10.8. The van der Waals surface area contributed by atoms with Gasteiger partial charge in [0, 0.05) is 26.9 Å². The van der Waals surface area contributed by atoms with Crippen LogP contribution in [0.15, 0.2) is 120 Å².